The lowest BCUT2D eigenvalue weighted by Gasteiger charge is -2.33. The van der Waals surface area contributed by atoms with Crippen molar-refractivity contribution in [3.8, 4) is 0 Å². The van der Waals surface area contributed by atoms with Crippen molar-refractivity contribution < 1.29 is 0 Å². The number of aromatic nitrogens is 5. The molecule has 2 N–H and O–H groups in total. The van der Waals surface area contributed by atoms with Crippen molar-refractivity contribution in [2.75, 3.05) is 18.0 Å². The largest absolute Gasteiger partial charge is 0.350 e. The van der Waals surface area contributed by atoms with Gasteiger partial charge in [-0.3, -0.25) is 9.48 Å². The molecule has 8 nitrogen and oxygen atoms in total. The number of fused-ring (bicyclic) bond motifs is 1. The van der Waals surface area contributed by atoms with Crippen LogP contribution < -0.4 is 15.8 Å². The Bertz CT molecular complexity index is 977. The second-order valence-electron chi connectivity index (χ2n) is 6.83. The van der Waals surface area contributed by atoms with Crippen molar-refractivity contribution in [2.45, 2.75) is 32.4 Å². The summed E-state index contributed by atoms with van der Waals surface area (Å²) < 4.78 is 1.81. The molecule has 4 rings (SSSR count). The first-order valence-corrected chi connectivity index (χ1v) is 8.92. The van der Waals surface area contributed by atoms with Gasteiger partial charge in [0.25, 0.3) is 5.56 Å². The fourth-order valence-electron chi connectivity index (χ4n) is 3.62. The van der Waals surface area contributed by atoms with Gasteiger partial charge in [-0.05, 0) is 31.4 Å². The molecule has 0 unspecified atom stereocenters. The fraction of sp³-hybridized carbons (Fsp3) is 0.444. The van der Waals surface area contributed by atoms with Gasteiger partial charge >= 0.3 is 0 Å². The SMILES string of the molecule is Cc1nn(C)c2ncc(CN[C@H]3CCCN(c4ncc[nH]c4=O)C3)cc12. The molecule has 0 amide bonds. The van der Waals surface area contributed by atoms with E-state index in [1.807, 2.05) is 24.9 Å². The van der Waals surface area contributed by atoms with E-state index in [0.29, 0.717) is 11.9 Å². The van der Waals surface area contributed by atoms with Crippen LogP contribution in [0.2, 0.25) is 0 Å². The topological polar surface area (TPSA) is 91.7 Å². The molecular weight excluding hydrogens is 330 g/mol. The molecule has 1 aliphatic rings. The fourth-order valence-corrected chi connectivity index (χ4v) is 3.62. The number of nitrogens with zero attached hydrogens (tertiary/aromatic N) is 5. The Kier molecular flexibility index (Phi) is 4.42. The van der Waals surface area contributed by atoms with E-state index in [1.54, 1.807) is 12.4 Å². The minimum atomic E-state index is -0.130. The van der Waals surface area contributed by atoms with Crippen LogP contribution in [-0.4, -0.2) is 43.9 Å². The summed E-state index contributed by atoms with van der Waals surface area (Å²) in [7, 11) is 1.91. The Morgan fingerprint density at radius 3 is 3.12 bits per heavy atom. The zero-order chi connectivity index (χ0) is 18.1. The van der Waals surface area contributed by atoms with Crippen LogP contribution in [-0.2, 0) is 13.6 Å². The van der Waals surface area contributed by atoms with E-state index in [2.05, 4.69) is 36.3 Å². The number of hydrogen-bond acceptors (Lipinski definition) is 6. The minimum absolute atomic E-state index is 0.130. The van der Waals surface area contributed by atoms with Gasteiger partial charge in [-0.1, -0.05) is 0 Å². The Morgan fingerprint density at radius 1 is 1.38 bits per heavy atom. The van der Waals surface area contributed by atoms with E-state index in [-0.39, 0.29) is 5.56 Å². The highest BCUT2D eigenvalue weighted by atomic mass is 16.1. The van der Waals surface area contributed by atoms with E-state index < -0.39 is 0 Å². The van der Waals surface area contributed by atoms with Crippen LogP contribution in [0, 0.1) is 6.92 Å². The normalized spacial score (nSPS) is 17.8. The second-order valence-corrected chi connectivity index (χ2v) is 6.83. The van der Waals surface area contributed by atoms with Gasteiger partial charge in [-0.25, -0.2) is 9.97 Å². The average Bonchev–Trinajstić information content (AvgIpc) is 2.94. The maximum Gasteiger partial charge on any atom is 0.290 e. The molecule has 4 heterocycles. The predicted octanol–water partition coefficient (Wildman–Crippen LogP) is 1.12. The highest BCUT2D eigenvalue weighted by Crippen LogP contribution is 2.18. The summed E-state index contributed by atoms with van der Waals surface area (Å²) in [5.41, 5.74) is 2.91. The first-order valence-electron chi connectivity index (χ1n) is 8.92. The first-order chi connectivity index (χ1) is 12.6. The Morgan fingerprint density at radius 2 is 2.27 bits per heavy atom. The van der Waals surface area contributed by atoms with Crippen LogP contribution in [0.5, 0.6) is 0 Å². The van der Waals surface area contributed by atoms with Crippen molar-refractivity contribution in [3.05, 3.63) is 46.3 Å². The smallest absolute Gasteiger partial charge is 0.290 e. The Balaban J connectivity index is 1.44. The third kappa shape index (κ3) is 3.20. The number of aryl methyl sites for hydroxylation is 2. The summed E-state index contributed by atoms with van der Waals surface area (Å²) in [6.45, 7) is 4.39. The van der Waals surface area contributed by atoms with E-state index in [1.165, 1.54) is 0 Å². The zero-order valence-electron chi connectivity index (χ0n) is 15.1. The molecule has 136 valence electrons. The van der Waals surface area contributed by atoms with E-state index in [4.69, 9.17) is 0 Å². The number of aromatic amines is 1. The van der Waals surface area contributed by atoms with Gasteiger partial charge in [0.1, 0.15) is 0 Å². The van der Waals surface area contributed by atoms with E-state index >= 15 is 0 Å². The van der Waals surface area contributed by atoms with Crippen LogP contribution >= 0.6 is 0 Å². The molecule has 0 aliphatic carbocycles. The molecule has 0 spiro atoms. The van der Waals surface area contributed by atoms with Crippen molar-refractivity contribution in [2.24, 2.45) is 7.05 Å². The lowest BCUT2D eigenvalue weighted by Crippen LogP contribution is -2.47. The molecule has 0 radical (unpaired) electrons. The monoisotopic (exact) mass is 353 g/mol. The maximum atomic E-state index is 12.0. The third-order valence-electron chi connectivity index (χ3n) is 4.92. The van der Waals surface area contributed by atoms with Gasteiger partial charge in [0.05, 0.1) is 5.69 Å². The van der Waals surface area contributed by atoms with Crippen LogP contribution in [0.25, 0.3) is 11.0 Å². The summed E-state index contributed by atoms with van der Waals surface area (Å²) in [6, 6.07) is 2.47. The molecule has 0 bridgehead atoms. The third-order valence-corrected chi connectivity index (χ3v) is 4.92. The Hall–Kier alpha value is -2.74. The Labute approximate surface area is 151 Å². The maximum absolute atomic E-state index is 12.0. The van der Waals surface area contributed by atoms with Crippen molar-refractivity contribution >= 4 is 16.9 Å². The molecule has 1 saturated heterocycles. The minimum Gasteiger partial charge on any atom is -0.350 e. The summed E-state index contributed by atoms with van der Waals surface area (Å²) in [5, 5.41) is 9.11. The lowest BCUT2D eigenvalue weighted by atomic mass is 10.1. The van der Waals surface area contributed by atoms with Crippen LogP contribution in [0.1, 0.15) is 24.1 Å². The van der Waals surface area contributed by atoms with E-state index in [0.717, 1.165) is 54.8 Å². The number of anilines is 1. The van der Waals surface area contributed by atoms with Crippen LogP contribution in [0.15, 0.2) is 29.5 Å². The zero-order valence-corrected chi connectivity index (χ0v) is 15.1. The van der Waals surface area contributed by atoms with Gasteiger partial charge in [0.2, 0.25) is 0 Å². The van der Waals surface area contributed by atoms with Crippen molar-refractivity contribution in [3.63, 3.8) is 0 Å². The van der Waals surface area contributed by atoms with E-state index in [9.17, 15) is 4.79 Å². The molecule has 1 atom stereocenters. The molecule has 3 aromatic heterocycles. The molecule has 3 aromatic rings. The molecule has 0 saturated carbocycles. The molecule has 8 heteroatoms. The average molecular weight is 353 g/mol. The van der Waals surface area contributed by atoms with Gasteiger partial charge in [-0.15, -0.1) is 0 Å². The number of hydrogen-bond donors (Lipinski definition) is 2. The van der Waals surface area contributed by atoms with Gasteiger partial charge < -0.3 is 15.2 Å². The number of piperidine rings is 1. The van der Waals surface area contributed by atoms with Crippen molar-refractivity contribution in [1.29, 1.82) is 0 Å². The highest BCUT2D eigenvalue weighted by Gasteiger charge is 2.22. The number of H-pyrrole nitrogens is 1. The number of rotatable bonds is 4. The summed E-state index contributed by atoms with van der Waals surface area (Å²) in [6.07, 6.45) is 7.22. The molecule has 1 aliphatic heterocycles. The highest BCUT2D eigenvalue weighted by molar-refractivity contribution is 5.78. The molecular formula is C18H23N7O. The first kappa shape index (κ1) is 16.7. The molecule has 0 aromatic carbocycles. The summed E-state index contributed by atoms with van der Waals surface area (Å²) in [4.78, 5) is 25.5. The predicted molar refractivity (Wildman–Crippen MR) is 100 cm³/mol. The number of nitrogens with one attached hydrogen (secondary N) is 2. The van der Waals surface area contributed by atoms with Crippen molar-refractivity contribution in [1.82, 2.24) is 30.0 Å². The summed E-state index contributed by atoms with van der Waals surface area (Å²) in [5.74, 6) is 0.507. The van der Waals surface area contributed by atoms with Crippen LogP contribution in [0.4, 0.5) is 5.82 Å². The van der Waals surface area contributed by atoms with Gasteiger partial charge in [0, 0.05) is 56.7 Å². The second kappa shape index (κ2) is 6.87. The van der Waals surface area contributed by atoms with Gasteiger partial charge in [-0.2, -0.15) is 5.10 Å². The molecule has 26 heavy (non-hydrogen) atoms. The quantitative estimate of drug-likeness (QED) is 0.730. The number of pyridine rings is 1. The summed E-state index contributed by atoms with van der Waals surface area (Å²) >= 11 is 0. The van der Waals surface area contributed by atoms with Gasteiger partial charge in [0.15, 0.2) is 11.5 Å². The lowest BCUT2D eigenvalue weighted by molar-refractivity contribution is 0.419. The standard InChI is InChI=1S/C18H23N7O/c1-12-15-8-13(10-22-16(15)24(2)23-12)9-21-14-4-3-7-25(11-14)17-18(26)20-6-5-19-17/h5-6,8,10,14,21H,3-4,7,9,11H2,1-2H3,(H,20,26)/t14-/m0/s1. The molecule has 1 fully saturated rings. The van der Waals surface area contributed by atoms with Crippen LogP contribution in [0.3, 0.4) is 0 Å².